The zero-order chi connectivity index (χ0) is 12.7. The Morgan fingerprint density at radius 3 is 2.61 bits per heavy atom. The van der Waals surface area contributed by atoms with Crippen molar-refractivity contribution in [2.75, 3.05) is 13.1 Å². The number of aryl methyl sites for hydroxylation is 1. The van der Waals surface area contributed by atoms with Crippen molar-refractivity contribution in [2.45, 2.75) is 34.2 Å². The fourth-order valence-corrected chi connectivity index (χ4v) is 1.20. The molecule has 0 spiro atoms. The number of aliphatic imine (C=N–C) groups is 1. The number of halogens is 1. The van der Waals surface area contributed by atoms with Gasteiger partial charge in [0.2, 0.25) is 5.89 Å². The van der Waals surface area contributed by atoms with Crippen molar-refractivity contribution < 1.29 is 4.52 Å². The summed E-state index contributed by atoms with van der Waals surface area (Å²) in [5.41, 5.74) is 0. The SMILES string of the molecule is CCNC(=NCc1noc(C)n1)NCC(C)C.I. The molecule has 7 heteroatoms. The van der Waals surface area contributed by atoms with Crippen molar-refractivity contribution in [3.8, 4) is 0 Å². The number of guanidine groups is 1. The largest absolute Gasteiger partial charge is 0.357 e. The number of nitrogens with one attached hydrogen (secondary N) is 2. The van der Waals surface area contributed by atoms with Crippen molar-refractivity contribution in [3.63, 3.8) is 0 Å². The Hall–Kier alpha value is -0.860. The highest BCUT2D eigenvalue weighted by atomic mass is 127. The summed E-state index contributed by atoms with van der Waals surface area (Å²) in [5.74, 6) is 2.52. The molecule has 1 aromatic heterocycles. The molecule has 104 valence electrons. The van der Waals surface area contributed by atoms with E-state index in [0.29, 0.717) is 24.2 Å². The molecule has 1 heterocycles. The Bertz CT molecular complexity index is 364. The summed E-state index contributed by atoms with van der Waals surface area (Å²) >= 11 is 0. The monoisotopic (exact) mass is 367 g/mol. The van der Waals surface area contributed by atoms with Crippen LogP contribution in [0.15, 0.2) is 9.52 Å². The van der Waals surface area contributed by atoms with Gasteiger partial charge in [-0.3, -0.25) is 0 Å². The average Bonchev–Trinajstić information content (AvgIpc) is 2.68. The van der Waals surface area contributed by atoms with Gasteiger partial charge in [0.15, 0.2) is 11.8 Å². The molecule has 0 unspecified atom stereocenters. The van der Waals surface area contributed by atoms with E-state index in [1.165, 1.54) is 0 Å². The summed E-state index contributed by atoms with van der Waals surface area (Å²) in [6, 6.07) is 0. The molecule has 18 heavy (non-hydrogen) atoms. The van der Waals surface area contributed by atoms with E-state index in [2.05, 4.69) is 39.6 Å². The Balaban J connectivity index is 0.00000289. The molecule has 6 nitrogen and oxygen atoms in total. The van der Waals surface area contributed by atoms with Crippen LogP contribution in [0, 0.1) is 12.8 Å². The molecule has 0 fully saturated rings. The highest BCUT2D eigenvalue weighted by Gasteiger charge is 2.02. The van der Waals surface area contributed by atoms with Gasteiger partial charge in [0.25, 0.3) is 0 Å². The van der Waals surface area contributed by atoms with E-state index in [4.69, 9.17) is 4.52 Å². The predicted octanol–water partition coefficient (Wildman–Crippen LogP) is 1.71. The van der Waals surface area contributed by atoms with Crippen LogP contribution in [0.25, 0.3) is 0 Å². The van der Waals surface area contributed by atoms with Gasteiger partial charge in [-0.05, 0) is 12.8 Å². The molecule has 0 saturated heterocycles. The van der Waals surface area contributed by atoms with Gasteiger partial charge in [-0.25, -0.2) is 4.99 Å². The molecule has 0 aromatic carbocycles. The Morgan fingerprint density at radius 1 is 1.39 bits per heavy atom. The standard InChI is InChI=1S/C11H21N5O.HI/c1-5-12-11(13-6-8(2)3)14-7-10-15-9(4)17-16-10;/h8H,5-7H2,1-4H3,(H2,12,13,14);1H. The van der Waals surface area contributed by atoms with Gasteiger partial charge in [0.1, 0.15) is 6.54 Å². The molecule has 0 aliphatic carbocycles. The normalized spacial score (nSPS) is 11.3. The van der Waals surface area contributed by atoms with Gasteiger partial charge in [-0.15, -0.1) is 24.0 Å². The van der Waals surface area contributed by atoms with Crippen molar-refractivity contribution in [1.29, 1.82) is 0 Å². The second-order valence-electron chi connectivity index (χ2n) is 4.20. The topological polar surface area (TPSA) is 75.3 Å². The first kappa shape index (κ1) is 17.1. The number of nitrogens with zero attached hydrogens (tertiary/aromatic N) is 3. The lowest BCUT2D eigenvalue weighted by atomic mass is 10.2. The number of rotatable bonds is 5. The van der Waals surface area contributed by atoms with E-state index in [-0.39, 0.29) is 24.0 Å². The second kappa shape index (κ2) is 9.12. The Morgan fingerprint density at radius 2 is 2.11 bits per heavy atom. The van der Waals surface area contributed by atoms with Crippen molar-refractivity contribution >= 4 is 29.9 Å². The van der Waals surface area contributed by atoms with E-state index in [1.54, 1.807) is 6.92 Å². The summed E-state index contributed by atoms with van der Waals surface area (Å²) in [7, 11) is 0. The highest BCUT2D eigenvalue weighted by Crippen LogP contribution is 1.96. The molecule has 0 aliphatic rings. The van der Waals surface area contributed by atoms with E-state index < -0.39 is 0 Å². The molecule has 0 bridgehead atoms. The van der Waals surface area contributed by atoms with Crippen molar-refractivity contribution in [1.82, 2.24) is 20.8 Å². The summed E-state index contributed by atoms with van der Waals surface area (Å²) in [6.45, 7) is 10.2. The minimum atomic E-state index is 0. The minimum Gasteiger partial charge on any atom is -0.357 e. The Labute approximate surface area is 125 Å². The van der Waals surface area contributed by atoms with Gasteiger partial charge in [0, 0.05) is 20.0 Å². The van der Waals surface area contributed by atoms with E-state index in [9.17, 15) is 0 Å². The van der Waals surface area contributed by atoms with E-state index >= 15 is 0 Å². The van der Waals surface area contributed by atoms with Gasteiger partial charge < -0.3 is 15.2 Å². The zero-order valence-electron chi connectivity index (χ0n) is 11.4. The quantitative estimate of drug-likeness (QED) is 0.471. The van der Waals surface area contributed by atoms with Crippen LogP contribution in [0.3, 0.4) is 0 Å². The third-order valence-electron chi connectivity index (χ3n) is 1.97. The predicted molar refractivity (Wildman–Crippen MR) is 82.1 cm³/mol. The lowest BCUT2D eigenvalue weighted by molar-refractivity contribution is 0.387. The summed E-state index contributed by atoms with van der Waals surface area (Å²) < 4.78 is 4.88. The maximum Gasteiger partial charge on any atom is 0.223 e. The molecule has 0 saturated carbocycles. The number of aromatic nitrogens is 2. The van der Waals surface area contributed by atoms with Crippen LogP contribution < -0.4 is 10.6 Å². The zero-order valence-corrected chi connectivity index (χ0v) is 13.7. The van der Waals surface area contributed by atoms with Gasteiger partial charge in [0.05, 0.1) is 0 Å². The molecule has 0 atom stereocenters. The first-order valence-corrected chi connectivity index (χ1v) is 5.93. The second-order valence-corrected chi connectivity index (χ2v) is 4.20. The summed E-state index contributed by atoms with van der Waals surface area (Å²) in [6.07, 6.45) is 0. The molecular weight excluding hydrogens is 345 g/mol. The molecule has 2 N–H and O–H groups in total. The molecule has 0 aliphatic heterocycles. The molecule has 1 aromatic rings. The van der Waals surface area contributed by atoms with Crippen LogP contribution in [-0.2, 0) is 6.54 Å². The molecule has 0 radical (unpaired) electrons. The first-order chi connectivity index (χ1) is 8.11. The van der Waals surface area contributed by atoms with Crippen LogP contribution in [0.1, 0.15) is 32.5 Å². The number of hydrogen-bond acceptors (Lipinski definition) is 4. The summed E-state index contributed by atoms with van der Waals surface area (Å²) in [5, 5.41) is 10.2. The van der Waals surface area contributed by atoms with E-state index in [1.807, 2.05) is 6.92 Å². The average molecular weight is 367 g/mol. The lowest BCUT2D eigenvalue weighted by Gasteiger charge is -2.12. The van der Waals surface area contributed by atoms with Crippen LogP contribution >= 0.6 is 24.0 Å². The van der Waals surface area contributed by atoms with Crippen molar-refractivity contribution in [2.24, 2.45) is 10.9 Å². The fraction of sp³-hybridized carbons (Fsp3) is 0.727. The molecule has 1 rings (SSSR count). The van der Waals surface area contributed by atoms with Crippen LogP contribution in [-0.4, -0.2) is 29.2 Å². The van der Waals surface area contributed by atoms with Crippen LogP contribution in [0.4, 0.5) is 0 Å². The smallest absolute Gasteiger partial charge is 0.223 e. The fourth-order valence-electron chi connectivity index (χ4n) is 1.20. The van der Waals surface area contributed by atoms with Crippen LogP contribution in [0.5, 0.6) is 0 Å². The third-order valence-corrected chi connectivity index (χ3v) is 1.97. The summed E-state index contributed by atoms with van der Waals surface area (Å²) in [4.78, 5) is 8.48. The van der Waals surface area contributed by atoms with E-state index in [0.717, 1.165) is 19.0 Å². The van der Waals surface area contributed by atoms with Gasteiger partial charge in [-0.2, -0.15) is 4.98 Å². The number of hydrogen-bond donors (Lipinski definition) is 2. The minimum absolute atomic E-state index is 0. The van der Waals surface area contributed by atoms with Gasteiger partial charge in [-0.1, -0.05) is 19.0 Å². The maximum absolute atomic E-state index is 4.88. The maximum atomic E-state index is 4.88. The third kappa shape index (κ3) is 6.77. The Kier molecular flexibility index (Phi) is 8.69. The first-order valence-electron chi connectivity index (χ1n) is 5.93. The molecule has 0 amide bonds. The lowest BCUT2D eigenvalue weighted by Crippen LogP contribution is -2.39. The van der Waals surface area contributed by atoms with Crippen molar-refractivity contribution in [3.05, 3.63) is 11.7 Å². The molecular formula is C11H22IN5O. The van der Waals surface area contributed by atoms with Crippen LogP contribution in [0.2, 0.25) is 0 Å². The highest BCUT2D eigenvalue weighted by molar-refractivity contribution is 14.0. The van der Waals surface area contributed by atoms with Gasteiger partial charge >= 0.3 is 0 Å².